The fraction of sp³-hybridized carbons (Fsp3) is 0.158. The number of anilines is 3. The van der Waals surface area contributed by atoms with Crippen LogP contribution in [0.4, 0.5) is 17.1 Å². The lowest BCUT2D eigenvalue weighted by Crippen LogP contribution is -2.28. The highest BCUT2D eigenvalue weighted by molar-refractivity contribution is 5.99. The maximum absolute atomic E-state index is 2.54. The van der Waals surface area contributed by atoms with Crippen LogP contribution in [0.3, 0.4) is 0 Å². The normalized spacial score (nSPS) is 13.5. The molecule has 0 fully saturated rings. The number of fused-ring (bicyclic) bond motifs is 10. The third kappa shape index (κ3) is 5.59. The molecule has 0 atom stereocenters. The molecule has 1 nitrogen and oxygen atoms in total. The fourth-order valence-corrected chi connectivity index (χ4v) is 9.67. The summed E-state index contributed by atoms with van der Waals surface area (Å²) in [5.74, 6) is 0. The second-order valence-corrected chi connectivity index (χ2v) is 18.2. The van der Waals surface area contributed by atoms with E-state index in [0.717, 1.165) is 17.1 Å². The highest BCUT2D eigenvalue weighted by Gasteiger charge is 2.53. The van der Waals surface area contributed by atoms with Crippen molar-refractivity contribution in [3.8, 4) is 44.5 Å². The van der Waals surface area contributed by atoms with Crippen LogP contribution in [-0.2, 0) is 16.2 Å². The second kappa shape index (κ2) is 13.3. The van der Waals surface area contributed by atoms with E-state index in [2.05, 4.69) is 234 Å². The average Bonchev–Trinajstić information content (AvgIpc) is 3.71. The highest BCUT2D eigenvalue weighted by Crippen LogP contribution is 2.65. The summed E-state index contributed by atoms with van der Waals surface area (Å²) in [6.45, 7) is 14.0. The van der Waals surface area contributed by atoms with E-state index in [1.807, 2.05) is 0 Å². The monoisotopic (exact) mass is 747 g/mol. The maximum atomic E-state index is 2.54. The Kier molecular flexibility index (Phi) is 8.25. The van der Waals surface area contributed by atoms with Gasteiger partial charge >= 0.3 is 0 Å². The Morgan fingerprint density at radius 1 is 0.328 bits per heavy atom. The molecule has 0 radical (unpaired) electrons. The Hall–Kier alpha value is -6.44. The molecule has 282 valence electrons. The first-order valence-electron chi connectivity index (χ1n) is 20.7. The van der Waals surface area contributed by atoms with E-state index in [1.165, 1.54) is 77.9 Å². The lowest BCUT2D eigenvalue weighted by Gasteiger charge is -2.34. The van der Waals surface area contributed by atoms with Crippen molar-refractivity contribution in [3.63, 3.8) is 0 Å². The van der Waals surface area contributed by atoms with E-state index in [9.17, 15) is 0 Å². The molecule has 2 aliphatic rings. The van der Waals surface area contributed by atoms with Gasteiger partial charge in [-0.05, 0) is 125 Å². The number of rotatable bonds is 5. The molecule has 0 aliphatic heterocycles. The summed E-state index contributed by atoms with van der Waals surface area (Å²) >= 11 is 0. The van der Waals surface area contributed by atoms with Crippen LogP contribution in [0.25, 0.3) is 44.5 Å². The van der Waals surface area contributed by atoms with Crippen molar-refractivity contribution < 1.29 is 0 Å². The van der Waals surface area contributed by atoms with Crippen LogP contribution in [0.5, 0.6) is 0 Å². The van der Waals surface area contributed by atoms with Crippen molar-refractivity contribution in [2.24, 2.45) is 0 Å². The molecule has 0 saturated heterocycles. The average molecular weight is 748 g/mol. The molecule has 1 heteroatoms. The topological polar surface area (TPSA) is 3.24 Å². The van der Waals surface area contributed by atoms with E-state index in [0.29, 0.717) is 0 Å². The molecule has 0 heterocycles. The van der Waals surface area contributed by atoms with Gasteiger partial charge in [-0.2, -0.15) is 0 Å². The van der Waals surface area contributed by atoms with Crippen molar-refractivity contribution in [2.75, 3.05) is 4.90 Å². The van der Waals surface area contributed by atoms with Crippen molar-refractivity contribution in [1.29, 1.82) is 0 Å². The minimum Gasteiger partial charge on any atom is -0.311 e. The van der Waals surface area contributed by atoms with Gasteiger partial charge in [-0.15, -0.1) is 0 Å². The zero-order valence-electron chi connectivity index (χ0n) is 34.3. The summed E-state index contributed by atoms with van der Waals surface area (Å²) in [5.41, 5.74) is 21.4. The van der Waals surface area contributed by atoms with E-state index < -0.39 is 5.41 Å². The molecule has 0 aromatic heterocycles. The number of hydrogen-bond acceptors (Lipinski definition) is 1. The number of para-hydroxylation sites is 1. The third-order valence-corrected chi connectivity index (χ3v) is 12.6. The van der Waals surface area contributed by atoms with Crippen LogP contribution in [0.15, 0.2) is 188 Å². The summed E-state index contributed by atoms with van der Waals surface area (Å²) in [4.78, 5) is 2.36. The smallest absolute Gasteiger partial charge is 0.0731 e. The Balaban J connectivity index is 1.17. The van der Waals surface area contributed by atoms with Crippen LogP contribution in [0, 0.1) is 0 Å². The molecular weight excluding hydrogens is 699 g/mol. The van der Waals surface area contributed by atoms with Crippen molar-refractivity contribution in [2.45, 2.75) is 57.8 Å². The van der Waals surface area contributed by atoms with Crippen molar-refractivity contribution >= 4 is 17.1 Å². The largest absolute Gasteiger partial charge is 0.311 e. The molecule has 0 bridgehead atoms. The Morgan fingerprint density at radius 2 is 0.759 bits per heavy atom. The quantitative estimate of drug-likeness (QED) is 0.169. The Morgan fingerprint density at radius 3 is 1.33 bits per heavy atom. The summed E-state index contributed by atoms with van der Waals surface area (Å²) in [7, 11) is 0. The molecule has 8 aromatic rings. The molecule has 0 amide bonds. The van der Waals surface area contributed by atoms with Gasteiger partial charge in [0.2, 0.25) is 0 Å². The van der Waals surface area contributed by atoms with E-state index in [4.69, 9.17) is 0 Å². The highest BCUT2D eigenvalue weighted by atomic mass is 15.1. The molecule has 0 N–H and O–H groups in total. The van der Waals surface area contributed by atoms with E-state index >= 15 is 0 Å². The second-order valence-electron chi connectivity index (χ2n) is 18.2. The SMILES string of the molecule is CC(C)(C)c1ccc2c(c1)C1(c3cc(C(C)(C)C)ccc3-2)c2ccccc2-c2cccc(-c3ccc(N(c4ccccc4)c4ccc(-c5ccccc5)cc4)cc3)c21. The molecule has 2 aliphatic carbocycles. The van der Waals surface area contributed by atoms with Gasteiger partial charge < -0.3 is 4.90 Å². The summed E-state index contributed by atoms with van der Waals surface area (Å²) in [5, 5.41) is 0. The zero-order valence-corrected chi connectivity index (χ0v) is 34.3. The first kappa shape index (κ1) is 35.9. The molecule has 8 aromatic carbocycles. The van der Waals surface area contributed by atoms with Crippen molar-refractivity contribution in [1.82, 2.24) is 0 Å². The molecule has 0 saturated carbocycles. The standard InChI is InChI=1S/C57H49N/c1-55(2,3)41-28-34-48-49-35-29-42(56(4,5)6)37-53(49)57(52(48)36-41)51-23-14-13-20-47(51)50-22-15-21-46(54(50)57)40-26-32-45(33-27-40)58(43-18-11-8-12-19-43)44-30-24-39(25-31-44)38-16-9-7-10-17-38/h7-37H,1-6H3. The lowest BCUT2D eigenvalue weighted by atomic mass is 9.67. The van der Waals surface area contributed by atoms with Gasteiger partial charge in [0, 0.05) is 17.1 Å². The summed E-state index contributed by atoms with van der Waals surface area (Å²) in [6, 6.07) is 70.3. The van der Waals surface area contributed by atoms with Gasteiger partial charge in [0.05, 0.1) is 5.41 Å². The number of nitrogens with zero attached hydrogens (tertiary/aromatic N) is 1. The molecule has 0 unspecified atom stereocenters. The molecular formula is C57H49N. The third-order valence-electron chi connectivity index (χ3n) is 12.6. The summed E-state index contributed by atoms with van der Waals surface area (Å²) in [6.07, 6.45) is 0. The predicted molar refractivity (Wildman–Crippen MR) is 246 cm³/mol. The molecule has 58 heavy (non-hydrogen) atoms. The van der Waals surface area contributed by atoms with Crippen LogP contribution in [0.2, 0.25) is 0 Å². The molecule has 1 spiro atoms. The molecule has 10 rings (SSSR count). The van der Waals surface area contributed by atoms with Gasteiger partial charge in [0.1, 0.15) is 0 Å². The first-order chi connectivity index (χ1) is 28.0. The van der Waals surface area contributed by atoms with E-state index in [1.54, 1.807) is 0 Å². The minimum atomic E-state index is -0.467. The van der Waals surface area contributed by atoms with Crippen LogP contribution >= 0.6 is 0 Å². The van der Waals surface area contributed by atoms with Crippen LogP contribution < -0.4 is 4.90 Å². The van der Waals surface area contributed by atoms with Crippen molar-refractivity contribution in [3.05, 3.63) is 221 Å². The maximum Gasteiger partial charge on any atom is 0.0731 e. The number of hydrogen-bond donors (Lipinski definition) is 0. The minimum absolute atomic E-state index is 0.00433. The first-order valence-corrected chi connectivity index (χ1v) is 20.7. The van der Waals surface area contributed by atoms with Crippen LogP contribution in [-0.4, -0.2) is 0 Å². The van der Waals surface area contributed by atoms with Gasteiger partial charge in [0.25, 0.3) is 0 Å². The zero-order chi connectivity index (χ0) is 39.8. The van der Waals surface area contributed by atoms with Gasteiger partial charge in [-0.25, -0.2) is 0 Å². The van der Waals surface area contributed by atoms with Gasteiger partial charge in [0.15, 0.2) is 0 Å². The van der Waals surface area contributed by atoms with Crippen LogP contribution in [0.1, 0.15) is 74.9 Å². The lowest BCUT2D eigenvalue weighted by molar-refractivity contribution is 0.586. The predicted octanol–water partition coefficient (Wildman–Crippen LogP) is 15.4. The fourth-order valence-electron chi connectivity index (χ4n) is 9.67. The van der Waals surface area contributed by atoms with Gasteiger partial charge in [-0.3, -0.25) is 0 Å². The van der Waals surface area contributed by atoms with Gasteiger partial charge in [-0.1, -0.05) is 193 Å². The Labute approximate surface area is 344 Å². The summed E-state index contributed by atoms with van der Waals surface area (Å²) < 4.78 is 0. The Bertz CT molecular complexity index is 2750. The van der Waals surface area contributed by atoms with E-state index in [-0.39, 0.29) is 10.8 Å². The number of benzene rings is 8.